The minimum Gasteiger partial charge on any atom is -0.508 e. The summed E-state index contributed by atoms with van der Waals surface area (Å²) >= 11 is 0. The van der Waals surface area contributed by atoms with Gasteiger partial charge in [-0.15, -0.1) is 0 Å². The molecular formula is C15H23NO3. The van der Waals surface area contributed by atoms with Gasteiger partial charge in [0, 0.05) is 0 Å². The van der Waals surface area contributed by atoms with Crippen LogP contribution in [0.5, 0.6) is 5.75 Å². The highest BCUT2D eigenvalue weighted by molar-refractivity contribution is 5.84. The predicted octanol–water partition coefficient (Wildman–Crippen LogP) is 2.43. The molecule has 0 aliphatic rings. The van der Waals surface area contributed by atoms with Crippen LogP contribution in [-0.4, -0.2) is 16.1 Å². The zero-order chi connectivity index (χ0) is 14.3. The molecule has 0 spiro atoms. The van der Waals surface area contributed by atoms with E-state index in [1.54, 1.807) is 0 Å². The fourth-order valence-electron chi connectivity index (χ4n) is 2.13. The smallest absolute Gasteiger partial charge is 0.254 e. The molecule has 1 aromatic rings. The largest absolute Gasteiger partial charge is 0.508 e. The van der Waals surface area contributed by atoms with Crippen molar-refractivity contribution in [2.24, 2.45) is 5.73 Å². The molecule has 0 saturated carbocycles. The number of carbonyl (C=O) groups excluding carboxylic acids is 1. The first-order valence-electron chi connectivity index (χ1n) is 6.82. The lowest BCUT2D eigenvalue weighted by atomic mass is 9.87. The number of benzene rings is 1. The highest BCUT2D eigenvalue weighted by atomic mass is 16.3. The lowest BCUT2D eigenvalue weighted by molar-refractivity contribution is -0.138. The van der Waals surface area contributed by atoms with Crippen molar-refractivity contribution in [3.63, 3.8) is 0 Å². The van der Waals surface area contributed by atoms with Crippen molar-refractivity contribution in [3.8, 4) is 5.75 Å². The zero-order valence-corrected chi connectivity index (χ0v) is 11.4. The molecule has 4 heteroatoms. The molecule has 0 aliphatic heterocycles. The van der Waals surface area contributed by atoms with Crippen LogP contribution in [0, 0.1) is 0 Å². The average molecular weight is 265 g/mol. The molecular weight excluding hydrogens is 242 g/mol. The normalized spacial score (nSPS) is 14.0. The number of aliphatic hydroxyl groups is 1. The fraction of sp³-hybridized carbons (Fsp3) is 0.533. The van der Waals surface area contributed by atoms with Gasteiger partial charge in [-0.1, -0.05) is 44.7 Å². The van der Waals surface area contributed by atoms with Gasteiger partial charge in [0.1, 0.15) is 5.75 Å². The van der Waals surface area contributed by atoms with Crippen LogP contribution in [-0.2, 0) is 10.4 Å². The number of primary amides is 1. The number of amides is 1. The topological polar surface area (TPSA) is 83.5 Å². The number of phenols is 1. The second kappa shape index (κ2) is 7.14. The number of hydrogen-bond donors (Lipinski definition) is 3. The molecule has 1 rings (SSSR count). The van der Waals surface area contributed by atoms with Gasteiger partial charge in [-0.25, -0.2) is 0 Å². The monoisotopic (exact) mass is 265 g/mol. The zero-order valence-electron chi connectivity index (χ0n) is 11.4. The van der Waals surface area contributed by atoms with E-state index < -0.39 is 11.5 Å². The van der Waals surface area contributed by atoms with Gasteiger partial charge < -0.3 is 15.9 Å². The third kappa shape index (κ3) is 4.24. The van der Waals surface area contributed by atoms with Crippen molar-refractivity contribution in [3.05, 3.63) is 29.8 Å². The van der Waals surface area contributed by atoms with Crippen LogP contribution in [0.1, 0.15) is 51.0 Å². The summed E-state index contributed by atoms with van der Waals surface area (Å²) < 4.78 is 0. The van der Waals surface area contributed by atoms with Gasteiger partial charge in [-0.3, -0.25) is 4.79 Å². The van der Waals surface area contributed by atoms with Crippen LogP contribution in [0.15, 0.2) is 24.3 Å². The molecule has 0 heterocycles. The maximum Gasteiger partial charge on any atom is 0.254 e. The second-order valence-electron chi connectivity index (χ2n) is 4.94. The summed E-state index contributed by atoms with van der Waals surface area (Å²) in [5.74, 6) is -0.646. The van der Waals surface area contributed by atoms with E-state index in [1.165, 1.54) is 24.3 Å². The maximum absolute atomic E-state index is 11.5. The summed E-state index contributed by atoms with van der Waals surface area (Å²) in [6.07, 6.45) is 5.45. The van der Waals surface area contributed by atoms with E-state index in [1.807, 2.05) is 0 Å². The SMILES string of the molecule is CCCCCCCC(O)(C(N)=O)c1ccc(O)cc1. The van der Waals surface area contributed by atoms with Crippen molar-refractivity contribution in [2.75, 3.05) is 0 Å². The molecule has 0 saturated heterocycles. The number of unbranched alkanes of at least 4 members (excludes halogenated alkanes) is 4. The minimum atomic E-state index is -1.64. The highest BCUT2D eigenvalue weighted by Crippen LogP contribution is 2.28. The van der Waals surface area contributed by atoms with Crippen molar-refractivity contribution in [1.29, 1.82) is 0 Å². The Hall–Kier alpha value is -1.55. The van der Waals surface area contributed by atoms with E-state index in [9.17, 15) is 15.0 Å². The highest BCUT2D eigenvalue weighted by Gasteiger charge is 2.35. The Morgan fingerprint density at radius 3 is 2.26 bits per heavy atom. The van der Waals surface area contributed by atoms with Gasteiger partial charge in [0.25, 0.3) is 5.91 Å². The Morgan fingerprint density at radius 2 is 1.74 bits per heavy atom. The Balaban J connectivity index is 2.69. The first kappa shape index (κ1) is 15.5. The van der Waals surface area contributed by atoms with Gasteiger partial charge in [0.2, 0.25) is 0 Å². The molecule has 4 N–H and O–H groups in total. The molecule has 1 atom stereocenters. The predicted molar refractivity (Wildman–Crippen MR) is 74.6 cm³/mol. The molecule has 0 aliphatic carbocycles. The lowest BCUT2D eigenvalue weighted by Gasteiger charge is -2.25. The van der Waals surface area contributed by atoms with E-state index in [2.05, 4.69) is 6.92 Å². The van der Waals surface area contributed by atoms with Crippen LogP contribution in [0.25, 0.3) is 0 Å². The number of rotatable bonds is 8. The molecule has 0 fully saturated rings. The van der Waals surface area contributed by atoms with Gasteiger partial charge >= 0.3 is 0 Å². The van der Waals surface area contributed by atoms with Gasteiger partial charge in [0.05, 0.1) is 0 Å². The van der Waals surface area contributed by atoms with E-state index in [-0.39, 0.29) is 5.75 Å². The summed E-state index contributed by atoms with van der Waals surface area (Å²) in [6.45, 7) is 2.14. The fourth-order valence-corrected chi connectivity index (χ4v) is 2.13. The third-order valence-corrected chi connectivity index (χ3v) is 3.39. The summed E-state index contributed by atoms with van der Waals surface area (Å²) in [5, 5.41) is 19.7. The summed E-state index contributed by atoms with van der Waals surface area (Å²) in [5.41, 5.74) is 4.13. The first-order valence-corrected chi connectivity index (χ1v) is 6.82. The number of aromatic hydroxyl groups is 1. The van der Waals surface area contributed by atoms with E-state index in [0.717, 1.165) is 32.1 Å². The Kier molecular flexibility index (Phi) is 5.83. The second-order valence-corrected chi connectivity index (χ2v) is 4.94. The van der Waals surface area contributed by atoms with Crippen LogP contribution in [0.4, 0.5) is 0 Å². The van der Waals surface area contributed by atoms with Crippen LogP contribution >= 0.6 is 0 Å². The molecule has 19 heavy (non-hydrogen) atoms. The molecule has 106 valence electrons. The molecule has 0 bridgehead atoms. The molecule has 0 radical (unpaired) electrons. The van der Waals surface area contributed by atoms with Crippen molar-refractivity contribution in [1.82, 2.24) is 0 Å². The quantitative estimate of drug-likeness (QED) is 0.631. The maximum atomic E-state index is 11.5. The minimum absolute atomic E-state index is 0.0958. The summed E-state index contributed by atoms with van der Waals surface area (Å²) in [6, 6.07) is 5.96. The van der Waals surface area contributed by atoms with Crippen molar-refractivity contribution < 1.29 is 15.0 Å². The van der Waals surface area contributed by atoms with Crippen LogP contribution in [0.2, 0.25) is 0 Å². The Morgan fingerprint density at radius 1 is 1.16 bits per heavy atom. The van der Waals surface area contributed by atoms with Gasteiger partial charge in [0.15, 0.2) is 5.60 Å². The number of phenolic OH excluding ortho intramolecular Hbond substituents is 1. The molecule has 1 aromatic carbocycles. The van der Waals surface area contributed by atoms with E-state index in [0.29, 0.717) is 12.0 Å². The van der Waals surface area contributed by atoms with Crippen molar-refractivity contribution >= 4 is 5.91 Å². The average Bonchev–Trinajstić information content (AvgIpc) is 2.38. The number of hydrogen-bond acceptors (Lipinski definition) is 3. The van der Waals surface area contributed by atoms with Gasteiger partial charge in [-0.05, 0) is 30.5 Å². The van der Waals surface area contributed by atoms with Crippen LogP contribution in [0.3, 0.4) is 0 Å². The van der Waals surface area contributed by atoms with Crippen molar-refractivity contribution in [2.45, 2.75) is 51.0 Å². The standard InChI is InChI=1S/C15H23NO3/c1-2-3-4-5-6-11-15(19,14(16)18)12-7-9-13(17)10-8-12/h7-10,17,19H,2-6,11H2,1H3,(H2,16,18). The molecule has 1 unspecified atom stereocenters. The number of nitrogens with two attached hydrogens (primary N) is 1. The first-order chi connectivity index (χ1) is 9.00. The molecule has 0 aromatic heterocycles. The van der Waals surface area contributed by atoms with E-state index >= 15 is 0 Å². The number of carbonyl (C=O) groups is 1. The third-order valence-electron chi connectivity index (χ3n) is 3.39. The molecule has 4 nitrogen and oxygen atoms in total. The Labute approximate surface area is 114 Å². The lowest BCUT2D eigenvalue weighted by Crippen LogP contribution is -2.41. The van der Waals surface area contributed by atoms with Gasteiger partial charge in [-0.2, -0.15) is 0 Å². The molecule has 1 amide bonds. The summed E-state index contributed by atoms with van der Waals surface area (Å²) in [4.78, 5) is 11.5. The van der Waals surface area contributed by atoms with Crippen LogP contribution < -0.4 is 5.73 Å². The van der Waals surface area contributed by atoms with E-state index in [4.69, 9.17) is 5.73 Å². The Bertz CT molecular complexity index is 402. The summed E-state index contributed by atoms with van der Waals surface area (Å²) in [7, 11) is 0.